The van der Waals surface area contributed by atoms with Gasteiger partial charge in [0.05, 0.1) is 11.3 Å². The van der Waals surface area contributed by atoms with Gasteiger partial charge in [0.2, 0.25) is 0 Å². The molecule has 0 saturated carbocycles. The maximum Gasteiger partial charge on any atom is 0.340 e. The Kier molecular flexibility index (Phi) is 4.11. The summed E-state index contributed by atoms with van der Waals surface area (Å²) in [5.41, 5.74) is 6.98. The maximum atomic E-state index is 11.7. The number of nitrogens with two attached hydrogens (primary N) is 1. The van der Waals surface area contributed by atoms with Crippen molar-refractivity contribution in [1.82, 2.24) is 0 Å². The molecule has 0 spiro atoms. The van der Waals surface area contributed by atoms with E-state index < -0.39 is 15.8 Å². The Hall–Kier alpha value is -1.56. The number of sulfone groups is 1. The lowest BCUT2D eigenvalue weighted by Gasteiger charge is -2.08. The van der Waals surface area contributed by atoms with Gasteiger partial charge in [0.15, 0.2) is 9.84 Å². The number of benzene rings is 1. The topological polar surface area (TPSA) is 86.5 Å². The third-order valence-corrected chi connectivity index (χ3v) is 3.10. The maximum absolute atomic E-state index is 11.7. The summed E-state index contributed by atoms with van der Waals surface area (Å²) >= 11 is 0. The van der Waals surface area contributed by atoms with Crippen LogP contribution in [0.25, 0.3) is 0 Å². The highest BCUT2D eigenvalue weighted by molar-refractivity contribution is 7.90. The summed E-state index contributed by atoms with van der Waals surface area (Å²) in [5, 5.41) is 0. The van der Waals surface area contributed by atoms with Crippen LogP contribution in [0.2, 0.25) is 0 Å². The van der Waals surface area contributed by atoms with Crippen LogP contribution in [0.3, 0.4) is 0 Å². The SMILES string of the molecule is Cc1cccc(N)c1C(=O)OCCS(C)(=O)=O. The zero-order valence-electron chi connectivity index (χ0n) is 9.76. The molecule has 0 fully saturated rings. The Balaban J connectivity index is 2.71. The van der Waals surface area contributed by atoms with E-state index in [2.05, 4.69) is 0 Å². The molecule has 0 saturated heterocycles. The zero-order valence-corrected chi connectivity index (χ0v) is 10.6. The van der Waals surface area contributed by atoms with Gasteiger partial charge < -0.3 is 10.5 Å². The Morgan fingerprint density at radius 1 is 1.41 bits per heavy atom. The van der Waals surface area contributed by atoms with Crippen molar-refractivity contribution in [1.29, 1.82) is 0 Å². The average molecular weight is 257 g/mol. The van der Waals surface area contributed by atoms with Gasteiger partial charge in [-0.15, -0.1) is 0 Å². The molecule has 0 atom stereocenters. The summed E-state index contributed by atoms with van der Waals surface area (Å²) in [6.45, 7) is 1.58. The van der Waals surface area contributed by atoms with Crippen molar-refractivity contribution >= 4 is 21.5 Å². The molecule has 94 valence electrons. The number of aryl methyl sites for hydroxylation is 1. The molecule has 1 aromatic rings. The molecule has 0 aromatic heterocycles. The molecule has 0 bridgehead atoms. The van der Waals surface area contributed by atoms with E-state index in [9.17, 15) is 13.2 Å². The lowest BCUT2D eigenvalue weighted by molar-refractivity contribution is 0.0530. The predicted octanol–water partition coefficient (Wildman–Crippen LogP) is 0.779. The van der Waals surface area contributed by atoms with E-state index in [1.165, 1.54) is 0 Å². The van der Waals surface area contributed by atoms with E-state index in [0.29, 0.717) is 16.8 Å². The number of anilines is 1. The minimum Gasteiger partial charge on any atom is -0.461 e. The Labute approximate surface area is 100 Å². The quantitative estimate of drug-likeness (QED) is 0.636. The Morgan fingerprint density at radius 2 is 2.06 bits per heavy atom. The second-order valence-electron chi connectivity index (χ2n) is 3.80. The molecule has 0 aliphatic rings. The number of ether oxygens (including phenoxy) is 1. The molecule has 0 amide bonds. The van der Waals surface area contributed by atoms with Crippen molar-refractivity contribution in [2.75, 3.05) is 24.3 Å². The predicted molar refractivity (Wildman–Crippen MR) is 65.6 cm³/mol. The first-order valence-electron chi connectivity index (χ1n) is 5.01. The molecule has 5 nitrogen and oxygen atoms in total. The monoisotopic (exact) mass is 257 g/mol. The van der Waals surface area contributed by atoms with Crippen molar-refractivity contribution in [2.45, 2.75) is 6.92 Å². The summed E-state index contributed by atoms with van der Waals surface area (Å²) in [7, 11) is -3.13. The average Bonchev–Trinajstić information content (AvgIpc) is 2.15. The van der Waals surface area contributed by atoms with Crippen LogP contribution in [0.4, 0.5) is 5.69 Å². The fourth-order valence-corrected chi connectivity index (χ4v) is 1.71. The van der Waals surface area contributed by atoms with Gasteiger partial charge in [0, 0.05) is 11.9 Å². The number of carbonyl (C=O) groups excluding carboxylic acids is 1. The fourth-order valence-electron chi connectivity index (χ4n) is 1.33. The first-order chi connectivity index (χ1) is 7.81. The summed E-state index contributed by atoms with van der Waals surface area (Å²) < 4.78 is 26.6. The molecular weight excluding hydrogens is 242 g/mol. The van der Waals surface area contributed by atoms with Gasteiger partial charge in [-0.1, -0.05) is 12.1 Å². The second kappa shape index (κ2) is 5.18. The van der Waals surface area contributed by atoms with Crippen molar-refractivity contribution in [3.8, 4) is 0 Å². The first-order valence-corrected chi connectivity index (χ1v) is 7.07. The first kappa shape index (κ1) is 13.5. The fraction of sp³-hybridized carbons (Fsp3) is 0.364. The highest BCUT2D eigenvalue weighted by Gasteiger charge is 2.14. The van der Waals surface area contributed by atoms with Gasteiger partial charge >= 0.3 is 5.97 Å². The van der Waals surface area contributed by atoms with Crippen LogP contribution in [-0.4, -0.2) is 33.0 Å². The Morgan fingerprint density at radius 3 is 2.59 bits per heavy atom. The van der Waals surface area contributed by atoms with Gasteiger partial charge in [-0.2, -0.15) is 0 Å². The largest absolute Gasteiger partial charge is 0.461 e. The zero-order chi connectivity index (χ0) is 13.1. The van der Waals surface area contributed by atoms with E-state index in [1.807, 2.05) is 0 Å². The van der Waals surface area contributed by atoms with Crippen molar-refractivity contribution < 1.29 is 17.9 Å². The lowest BCUT2D eigenvalue weighted by Crippen LogP contribution is -2.16. The summed E-state index contributed by atoms with van der Waals surface area (Å²) in [6, 6.07) is 5.07. The molecule has 0 aliphatic heterocycles. The van der Waals surface area contributed by atoms with E-state index >= 15 is 0 Å². The molecule has 1 rings (SSSR count). The summed E-state index contributed by atoms with van der Waals surface area (Å²) in [5.74, 6) is -0.783. The second-order valence-corrected chi connectivity index (χ2v) is 6.06. The van der Waals surface area contributed by atoms with Crippen LogP contribution in [0, 0.1) is 6.92 Å². The molecule has 1 aromatic carbocycles. The number of esters is 1. The molecule has 2 N–H and O–H groups in total. The highest BCUT2D eigenvalue weighted by Crippen LogP contribution is 2.17. The standard InChI is InChI=1S/C11H15NO4S/c1-8-4-3-5-9(12)10(8)11(13)16-6-7-17(2,14)15/h3-5H,6-7,12H2,1-2H3. The van der Waals surface area contributed by atoms with Crippen LogP contribution in [-0.2, 0) is 14.6 Å². The third kappa shape index (κ3) is 4.07. The minimum absolute atomic E-state index is 0.161. The number of nitrogen functional groups attached to an aromatic ring is 1. The molecule has 0 radical (unpaired) electrons. The van der Waals surface area contributed by atoms with Gasteiger partial charge in [0.1, 0.15) is 6.61 Å². The lowest BCUT2D eigenvalue weighted by atomic mass is 10.1. The Bertz CT molecular complexity index is 502. The molecular formula is C11H15NO4S. The van der Waals surface area contributed by atoms with Crippen LogP contribution in [0.1, 0.15) is 15.9 Å². The van der Waals surface area contributed by atoms with Gasteiger partial charge in [-0.25, -0.2) is 13.2 Å². The van der Waals surface area contributed by atoms with E-state index in [1.54, 1.807) is 25.1 Å². The van der Waals surface area contributed by atoms with Crippen LogP contribution < -0.4 is 5.73 Å². The molecule has 17 heavy (non-hydrogen) atoms. The number of carbonyl (C=O) groups is 1. The van der Waals surface area contributed by atoms with Crippen LogP contribution in [0.15, 0.2) is 18.2 Å². The number of hydrogen-bond acceptors (Lipinski definition) is 5. The third-order valence-electron chi connectivity index (χ3n) is 2.20. The van der Waals surface area contributed by atoms with E-state index in [-0.39, 0.29) is 12.4 Å². The van der Waals surface area contributed by atoms with E-state index in [0.717, 1.165) is 6.26 Å². The molecule has 0 aliphatic carbocycles. The minimum atomic E-state index is -3.13. The smallest absolute Gasteiger partial charge is 0.340 e. The number of rotatable bonds is 4. The molecule has 0 unspecified atom stereocenters. The van der Waals surface area contributed by atoms with Gasteiger partial charge in [-0.3, -0.25) is 0 Å². The highest BCUT2D eigenvalue weighted by atomic mass is 32.2. The van der Waals surface area contributed by atoms with Gasteiger partial charge in [-0.05, 0) is 18.6 Å². The van der Waals surface area contributed by atoms with Crippen LogP contribution in [0.5, 0.6) is 0 Å². The van der Waals surface area contributed by atoms with Crippen molar-refractivity contribution in [3.05, 3.63) is 29.3 Å². The van der Waals surface area contributed by atoms with Gasteiger partial charge in [0.25, 0.3) is 0 Å². The molecule has 0 heterocycles. The van der Waals surface area contributed by atoms with Crippen molar-refractivity contribution in [2.24, 2.45) is 0 Å². The molecule has 6 heteroatoms. The van der Waals surface area contributed by atoms with Crippen molar-refractivity contribution in [3.63, 3.8) is 0 Å². The summed E-state index contributed by atoms with van der Waals surface area (Å²) in [6.07, 6.45) is 1.09. The summed E-state index contributed by atoms with van der Waals surface area (Å²) in [4.78, 5) is 11.7. The number of hydrogen-bond donors (Lipinski definition) is 1. The van der Waals surface area contributed by atoms with Crippen LogP contribution >= 0.6 is 0 Å². The van der Waals surface area contributed by atoms with E-state index in [4.69, 9.17) is 10.5 Å². The normalized spacial score (nSPS) is 11.2.